The average molecular weight is 260 g/mol. The van der Waals surface area contributed by atoms with Gasteiger partial charge in [0, 0.05) is 24.2 Å². The highest BCUT2D eigenvalue weighted by atomic mass is 16.3. The molecule has 1 heterocycles. The van der Waals surface area contributed by atoms with Crippen molar-refractivity contribution in [1.29, 1.82) is 0 Å². The quantitative estimate of drug-likeness (QED) is 0.773. The number of aliphatic hydroxyl groups is 1. The van der Waals surface area contributed by atoms with Crippen LogP contribution in [0.15, 0.2) is 18.2 Å². The van der Waals surface area contributed by atoms with Crippen molar-refractivity contribution < 1.29 is 9.90 Å². The van der Waals surface area contributed by atoms with Crippen molar-refractivity contribution >= 4 is 11.6 Å². The van der Waals surface area contributed by atoms with Gasteiger partial charge in [-0.25, -0.2) is 0 Å². The van der Waals surface area contributed by atoms with E-state index in [-0.39, 0.29) is 11.9 Å². The Bertz CT molecular complexity index is 497. The number of aryl methyl sites for hydroxylation is 1. The number of anilines is 1. The summed E-state index contributed by atoms with van der Waals surface area (Å²) < 4.78 is 0. The Labute approximate surface area is 113 Å². The molecule has 1 fully saturated rings. The highest BCUT2D eigenvalue weighted by Gasteiger charge is 2.27. The highest BCUT2D eigenvalue weighted by molar-refractivity contribution is 5.93. The number of carbonyl (C=O) groups excluding carboxylic acids is 1. The third-order valence-electron chi connectivity index (χ3n) is 3.92. The monoisotopic (exact) mass is 260 g/mol. The molecule has 2 atom stereocenters. The van der Waals surface area contributed by atoms with E-state index in [4.69, 9.17) is 0 Å². The van der Waals surface area contributed by atoms with Crippen LogP contribution in [0.5, 0.6) is 0 Å². The Hall–Kier alpha value is -1.39. The first kappa shape index (κ1) is 12.6. The number of aliphatic hydroxyl groups excluding tert-OH is 1. The van der Waals surface area contributed by atoms with E-state index in [0.29, 0.717) is 12.5 Å². The average Bonchev–Trinajstić information content (AvgIpc) is 3.21. The van der Waals surface area contributed by atoms with Gasteiger partial charge >= 0.3 is 0 Å². The number of rotatable bonds is 4. The first-order valence-electron chi connectivity index (χ1n) is 7.00. The number of hydrogen-bond donors (Lipinski definition) is 3. The number of hydrogen-bond acceptors (Lipinski definition) is 3. The number of benzene rings is 1. The molecule has 2 aliphatic rings. The fourth-order valence-electron chi connectivity index (χ4n) is 2.59. The van der Waals surface area contributed by atoms with E-state index in [0.717, 1.165) is 23.2 Å². The van der Waals surface area contributed by atoms with Crippen molar-refractivity contribution in [2.45, 2.75) is 50.8 Å². The Morgan fingerprint density at radius 2 is 2.16 bits per heavy atom. The van der Waals surface area contributed by atoms with Crippen LogP contribution in [0, 0.1) is 0 Å². The fraction of sp³-hybridized carbons (Fsp3) is 0.533. The van der Waals surface area contributed by atoms with Gasteiger partial charge in [0.25, 0.3) is 0 Å². The molecule has 0 aromatic heterocycles. The fourth-order valence-corrected chi connectivity index (χ4v) is 2.59. The maximum Gasteiger partial charge on any atom is 0.224 e. The van der Waals surface area contributed by atoms with Crippen LogP contribution >= 0.6 is 0 Å². The first-order chi connectivity index (χ1) is 9.13. The summed E-state index contributed by atoms with van der Waals surface area (Å²) in [5, 5.41) is 16.7. The molecule has 102 valence electrons. The zero-order valence-corrected chi connectivity index (χ0v) is 11.1. The zero-order chi connectivity index (χ0) is 13.4. The summed E-state index contributed by atoms with van der Waals surface area (Å²) in [5.74, 6) is 0.0737. The molecule has 1 aliphatic carbocycles. The van der Waals surface area contributed by atoms with Gasteiger partial charge < -0.3 is 15.7 Å². The van der Waals surface area contributed by atoms with Crippen molar-refractivity contribution in [2.24, 2.45) is 0 Å². The summed E-state index contributed by atoms with van der Waals surface area (Å²) >= 11 is 0. The minimum atomic E-state index is -0.497. The predicted molar refractivity (Wildman–Crippen MR) is 74.0 cm³/mol. The summed E-state index contributed by atoms with van der Waals surface area (Å²) in [6.45, 7) is 2.02. The summed E-state index contributed by atoms with van der Waals surface area (Å²) in [6.07, 6.45) is 3.22. The van der Waals surface area contributed by atoms with E-state index >= 15 is 0 Å². The van der Waals surface area contributed by atoms with E-state index in [2.05, 4.69) is 10.6 Å². The van der Waals surface area contributed by atoms with Gasteiger partial charge in [-0.1, -0.05) is 12.1 Å². The Balaban J connectivity index is 1.75. The maximum atomic E-state index is 11.3. The second-order valence-corrected chi connectivity index (χ2v) is 5.64. The van der Waals surface area contributed by atoms with Crippen molar-refractivity contribution in [3.63, 3.8) is 0 Å². The van der Waals surface area contributed by atoms with Gasteiger partial charge in [0.15, 0.2) is 0 Å². The molecular formula is C15H20N2O2. The van der Waals surface area contributed by atoms with Gasteiger partial charge in [-0.05, 0) is 43.4 Å². The van der Waals surface area contributed by atoms with Crippen molar-refractivity contribution in [2.75, 3.05) is 5.32 Å². The smallest absolute Gasteiger partial charge is 0.224 e. The Morgan fingerprint density at radius 1 is 1.37 bits per heavy atom. The molecule has 0 bridgehead atoms. The van der Waals surface area contributed by atoms with Crippen LogP contribution in [-0.4, -0.2) is 23.1 Å². The Morgan fingerprint density at radius 3 is 2.89 bits per heavy atom. The van der Waals surface area contributed by atoms with Crippen LogP contribution in [0.2, 0.25) is 0 Å². The molecule has 1 aliphatic heterocycles. The molecule has 1 aromatic carbocycles. The summed E-state index contributed by atoms with van der Waals surface area (Å²) in [6, 6.07) is 6.46. The normalized spacial score (nSPS) is 21.5. The zero-order valence-electron chi connectivity index (χ0n) is 11.1. The minimum absolute atomic E-state index is 0.0590. The molecule has 3 rings (SSSR count). The second-order valence-electron chi connectivity index (χ2n) is 5.64. The molecule has 3 N–H and O–H groups in total. The van der Waals surface area contributed by atoms with Crippen LogP contribution in [0.1, 0.15) is 43.4 Å². The molecule has 0 radical (unpaired) electrons. The lowest BCUT2D eigenvalue weighted by molar-refractivity contribution is -0.116. The lowest BCUT2D eigenvalue weighted by Gasteiger charge is -2.23. The number of nitrogens with one attached hydrogen (secondary N) is 2. The predicted octanol–water partition coefficient (Wildman–Crippen LogP) is 1.75. The molecule has 4 heteroatoms. The Kier molecular flexibility index (Phi) is 3.29. The number of amides is 1. The lowest BCUT2D eigenvalue weighted by Crippen LogP contribution is -2.33. The SMILES string of the molecule is CC(NC1CC1)C(O)c1ccc2c(c1)CCC(=O)N2. The highest BCUT2D eigenvalue weighted by Crippen LogP contribution is 2.28. The molecule has 1 amide bonds. The molecular weight excluding hydrogens is 240 g/mol. The van der Waals surface area contributed by atoms with Crippen LogP contribution in [0.3, 0.4) is 0 Å². The lowest BCUT2D eigenvalue weighted by atomic mass is 9.96. The maximum absolute atomic E-state index is 11.3. The second kappa shape index (κ2) is 4.94. The van der Waals surface area contributed by atoms with Crippen molar-refractivity contribution in [1.82, 2.24) is 5.32 Å². The van der Waals surface area contributed by atoms with Crippen molar-refractivity contribution in [3.8, 4) is 0 Å². The summed E-state index contributed by atoms with van der Waals surface area (Å²) in [7, 11) is 0. The molecule has 1 aromatic rings. The van der Waals surface area contributed by atoms with Gasteiger partial charge in [0.05, 0.1) is 6.10 Å². The summed E-state index contributed by atoms with van der Waals surface area (Å²) in [4.78, 5) is 11.3. The van der Waals surface area contributed by atoms with E-state index in [1.54, 1.807) is 0 Å². The van der Waals surface area contributed by atoms with Crippen LogP contribution in [0.25, 0.3) is 0 Å². The molecule has 2 unspecified atom stereocenters. The van der Waals surface area contributed by atoms with E-state index < -0.39 is 6.10 Å². The van der Waals surface area contributed by atoms with E-state index in [9.17, 15) is 9.90 Å². The summed E-state index contributed by atoms with van der Waals surface area (Å²) in [5.41, 5.74) is 2.93. The molecule has 1 saturated carbocycles. The van der Waals surface area contributed by atoms with E-state index in [1.165, 1.54) is 12.8 Å². The van der Waals surface area contributed by atoms with Crippen LogP contribution in [-0.2, 0) is 11.2 Å². The van der Waals surface area contributed by atoms with Gasteiger partial charge in [-0.15, -0.1) is 0 Å². The molecule has 4 nitrogen and oxygen atoms in total. The van der Waals surface area contributed by atoms with Crippen LogP contribution < -0.4 is 10.6 Å². The third kappa shape index (κ3) is 2.80. The minimum Gasteiger partial charge on any atom is -0.387 e. The van der Waals surface area contributed by atoms with Crippen molar-refractivity contribution in [3.05, 3.63) is 29.3 Å². The number of carbonyl (C=O) groups is 1. The molecule has 19 heavy (non-hydrogen) atoms. The van der Waals surface area contributed by atoms with Gasteiger partial charge in [0.2, 0.25) is 5.91 Å². The third-order valence-corrected chi connectivity index (χ3v) is 3.92. The molecule has 0 spiro atoms. The number of fused-ring (bicyclic) bond motifs is 1. The van der Waals surface area contributed by atoms with Gasteiger partial charge in [0.1, 0.15) is 0 Å². The first-order valence-corrected chi connectivity index (χ1v) is 7.00. The topological polar surface area (TPSA) is 61.4 Å². The standard InChI is InChI=1S/C15H20N2O2/c1-9(16-12-4-5-12)15(19)11-2-6-13-10(8-11)3-7-14(18)17-13/h2,6,8-9,12,15-16,19H,3-5,7H2,1H3,(H,17,18). The van der Waals surface area contributed by atoms with Gasteiger partial charge in [-0.2, -0.15) is 0 Å². The molecule has 0 saturated heterocycles. The van der Waals surface area contributed by atoms with Gasteiger partial charge in [-0.3, -0.25) is 4.79 Å². The van der Waals surface area contributed by atoms with E-state index in [1.807, 2.05) is 25.1 Å². The largest absolute Gasteiger partial charge is 0.387 e. The van der Waals surface area contributed by atoms with Crippen LogP contribution in [0.4, 0.5) is 5.69 Å².